The Morgan fingerprint density at radius 2 is 2.16 bits per heavy atom. The van der Waals surface area contributed by atoms with Crippen molar-refractivity contribution >= 4 is 5.97 Å². The fourth-order valence-electron chi connectivity index (χ4n) is 1.87. The molecule has 0 saturated carbocycles. The van der Waals surface area contributed by atoms with Crippen molar-refractivity contribution in [1.29, 1.82) is 0 Å². The van der Waals surface area contributed by atoms with Crippen molar-refractivity contribution in [2.75, 3.05) is 13.1 Å². The Morgan fingerprint density at radius 1 is 1.47 bits per heavy atom. The van der Waals surface area contributed by atoms with Crippen LogP contribution in [0, 0.1) is 0 Å². The number of hydrogen-bond donors (Lipinski definition) is 0. The molecule has 1 fully saturated rings. The van der Waals surface area contributed by atoms with Gasteiger partial charge in [-0.1, -0.05) is 0 Å². The molecule has 1 saturated heterocycles. The predicted molar refractivity (Wildman–Crippen MR) is 59.8 cm³/mol. The summed E-state index contributed by atoms with van der Waals surface area (Å²) in [6.07, 6.45) is 2.15. The average molecular weight is 331 g/mol. The zero-order chi connectivity index (χ0) is 10.7. The Hall–Kier alpha value is -0.997. The molecule has 1 aromatic heterocycles. The van der Waals surface area contributed by atoms with E-state index < -0.39 is 12.0 Å². The minimum atomic E-state index is -0.993. The first-order valence-corrected chi connectivity index (χ1v) is 4.90. The maximum Gasteiger partial charge on any atom is 2.00 e. The molecule has 0 spiro atoms. The second kappa shape index (κ2) is 10.9. The Bertz CT molecular complexity index is 338. The summed E-state index contributed by atoms with van der Waals surface area (Å²) in [4.78, 5) is 12.6. The van der Waals surface area contributed by atoms with Crippen molar-refractivity contribution in [3.63, 3.8) is 0 Å². The molecule has 0 unspecified atom stereocenters. The van der Waals surface area contributed by atoms with Crippen LogP contribution in [0.2, 0.25) is 0 Å². The molecule has 2 rings (SSSR count). The van der Waals surface area contributed by atoms with Gasteiger partial charge in [-0.3, -0.25) is 15.2 Å². The summed E-state index contributed by atoms with van der Waals surface area (Å²) in [5, 5.41) is 24.9. The van der Waals surface area contributed by atoms with Gasteiger partial charge in [0, 0.05) is 18.4 Å². The van der Waals surface area contributed by atoms with E-state index in [0.717, 1.165) is 13.0 Å². The first-order valence-electron chi connectivity index (χ1n) is 4.90. The summed E-state index contributed by atoms with van der Waals surface area (Å²) in [5.41, 5.74) is 0. The maximum absolute atomic E-state index is 10.8. The Morgan fingerprint density at radius 3 is 2.68 bits per heavy atom. The van der Waals surface area contributed by atoms with Crippen molar-refractivity contribution in [3.05, 3.63) is 5.82 Å². The van der Waals surface area contributed by atoms with Gasteiger partial charge in [0.15, 0.2) is 0 Å². The van der Waals surface area contributed by atoms with Crippen molar-refractivity contribution < 1.29 is 45.8 Å². The van der Waals surface area contributed by atoms with E-state index in [9.17, 15) is 9.90 Å². The summed E-state index contributed by atoms with van der Waals surface area (Å²) < 4.78 is 0. The molecule has 10 nitrogen and oxygen atoms in total. The van der Waals surface area contributed by atoms with Gasteiger partial charge in [0.1, 0.15) is 0 Å². The van der Waals surface area contributed by atoms with Crippen LogP contribution in [0.15, 0.2) is 0 Å². The molecule has 0 amide bonds. The van der Waals surface area contributed by atoms with Gasteiger partial charge >= 0.3 is 19.5 Å². The van der Waals surface area contributed by atoms with Crippen molar-refractivity contribution in [2.45, 2.75) is 25.3 Å². The van der Waals surface area contributed by atoms with Crippen molar-refractivity contribution in [2.24, 2.45) is 0 Å². The molecular formula is C8H19N5O5Zn+2. The number of likely N-dealkylation sites (tertiary alicyclic amines) is 1. The molecule has 0 radical (unpaired) electrons. The summed E-state index contributed by atoms with van der Waals surface area (Å²) in [6, 6.07) is -0.458. The topological polar surface area (TPSA) is 194 Å². The number of carboxylic acid groups (broad SMARTS) is 1. The number of hydrogen-bond acceptors (Lipinski definition) is 6. The minimum Gasteiger partial charge on any atom is -0.548 e. The Balaban J connectivity index is -0.000000640. The Kier molecular flexibility index (Phi) is 13.2. The standard InChI is InChI=1S/C8H13N5O2.3H2O.Zn/c14-8(15)6-2-1-4-13(6)5-3-7-9-11-12-10-7;;;;/h6H,1-5H2,(H2,9,10,11,12,14,15);3*1H2;/q;;;;+2/t6-;;;;/m0..../s1. The molecule has 11 heteroatoms. The molecule has 1 aliphatic rings. The molecule has 0 bridgehead atoms. The van der Waals surface area contributed by atoms with E-state index in [-0.39, 0.29) is 35.9 Å². The van der Waals surface area contributed by atoms with Crippen LogP contribution >= 0.6 is 0 Å². The summed E-state index contributed by atoms with van der Waals surface area (Å²) >= 11 is 0. The largest absolute Gasteiger partial charge is 2.00 e. The molecule has 8 N–H and O–H groups in total. The Labute approximate surface area is 122 Å². The number of aliphatic carboxylic acids is 1. The molecular weight excluding hydrogens is 312 g/mol. The maximum atomic E-state index is 10.8. The van der Waals surface area contributed by atoms with E-state index >= 15 is 0 Å². The molecule has 19 heavy (non-hydrogen) atoms. The van der Waals surface area contributed by atoms with E-state index in [1.165, 1.54) is 0 Å². The van der Waals surface area contributed by atoms with Gasteiger partial charge < -0.3 is 31.4 Å². The van der Waals surface area contributed by atoms with Gasteiger partial charge in [-0.2, -0.15) is 5.21 Å². The smallest absolute Gasteiger partial charge is 0.548 e. The van der Waals surface area contributed by atoms with E-state index in [1.807, 2.05) is 4.90 Å². The average Bonchev–Trinajstić information content (AvgIpc) is 2.86. The van der Waals surface area contributed by atoms with Gasteiger partial charge in [-0.25, -0.2) is 0 Å². The zero-order valence-electron chi connectivity index (χ0n) is 10.5. The number of aromatic nitrogens is 4. The van der Waals surface area contributed by atoms with Crippen LogP contribution in [0.3, 0.4) is 0 Å². The first kappa shape index (κ1) is 23.1. The van der Waals surface area contributed by atoms with Gasteiger partial charge in [0.05, 0.1) is 5.97 Å². The molecule has 0 aromatic carbocycles. The predicted octanol–water partition coefficient (Wildman–Crippen LogP) is -5.09. The number of rotatable bonds is 4. The number of carbonyl (C=O) groups is 1. The van der Waals surface area contributed by atoms with E-state index in [0.29, 0.717) is 25.2 Å². The van der Waals surface area contributed by atoms with Crippen LogP contribution in [-0.4, -0.2) is 51.0 Å². The second-order valence-electron chi connectivity index (χ2n) is 3.56. The fraction of sp³-hybridized carbons (Fsp3) is 0.750. The van der Waals surface area contributed by atoms with E-state index in [4.69, 9.17) is 0 Å². The van der Waals surface area contributed by atoms with Crippen LogP contribution in [-0.2, 0) is 41.6 Å². The summed E-state index contributed by atoms with van der Waals surface area (Å²) in [5.74, 6) is -0.439. The SMILES string of the molecule is O.O=C([O-])[C@@H]1CCCN1CCc1nnn[n-]1.[OH3+].[OH3+].[Zn+2]. The third-order valence-electron chi connectivity index (χ3n) is 2.62. The molecule has 1 atom stereocenters. The third kappa shape index (κ3) is 6.12. The van der Waals surface area contributed by atoms with Crippen LogP contribution < -0.4 is 10.2 Å². The van der Waals surface area contributed by atoms with Crippen LogP contribution in [0.5, 0.6) is 0 Å². The number of tetrazole rings is 1. The molecule has 106 valence electrons. The second-order valence-corrected chi connectivity index (χ2v) is 3.56. The summed E-state index contributed by atoms with van der Waals surface area (Å²) in [7, 11) is 0. The van der Waals surface area contributed by atoms with Crippen molar-refractivity contribution in [3.8, 4) is 0 Å². The zero-order valence-corrected chi connectivity index (χ0v) is 13.5. The number of carbonyl (C=O) groups excluding carboxylic acids is 1. The van der Waals surface area contributed by atoms with Gasteiger partial charge in [-0.15, -0.1) is 0 Å². The van der Waals surface area contributed by atoms with Gasteiger partial charge in [0.25, 0.3) is 0 Å². The van der Waals surface area contributed by atoms with Crippen molar-refractivity contribution in [1.82, 2.24) is 25.5 Å². The molecule has 1 aliphatic heterocycles. The van der Waals surface area contributed by atoms with E-state index in [2.05, 4.69) is 20.6 Å². The van der Waals surface area contributed by atoms with E-state index in [1.54, 1.807) is 0 Å². The molecule has 1 aromatic rings. The van der Waals surface area contributed by atoms with Crippen LogP contribution in [0.25, 0.3) is 0 Å². The van der Waals surface area contributed by atoms with Gasteiger partial charge in [0.2, 0.25) is 0 Å². The first-order chi connectivity index (χ1) is 7.27. The number of carboxylic acids is 1. The normalized spacial score (nSPS) is 17.4. The quantitative estimate of drug-likeness (QED) is 0.388. The third-order valence-corrected chi connectivity index (χ3v) is 2.62. The van der Waals surface area contributed by atoms with Crippen LogP contribution in [0.4, 0.5) is 0 Å². The molecule has 2 heterocycles. The molecule has 0 aliphatic carbocycles. The number of nitrogens with zero attached hydrogens (tertiary/aromatic N) is 5. The minimum absolute atomic E-state index is 0. The van der Waals surface area contributed by atoms with Gasteiger partial charge in [-0.05, 0) is 25.8 Å². The monoisotopic (exact) mass is 329 g/mol. The summed E-state index contributed by atoms with van der Waals surface area (Å²) in [6.45, 7) is 1.41. The fourth-order valence-corrected chi connectivity index (χ4v) is 1.87. The van der Waals surface area contributed by atoms with Crippen LogP contribution in [0.1, 0.15) is 18.7 Å².